The van der Waals surface area contributed by atoms with E-state index in [9.17, 15) is 0 Å². The molecule has 0 aromatic carbocycles. The Balaban J connectivity index is 2.75. The molecule has 0 aliphatic rings. The minimum absolute atomic E-state index is 0.380. The van der Waals surface area contributed by atoms with Crippen LogP contribution in [-0.2, 0) is 0 Å². The molecular formula is H14Si6. The van der Waals surface area contributed by atoms with Gasteiger partial charge in [0.1, 0.15) is 0 Å². The Morgan fingerprint density at radius 2 is 1.50 bits per heavy atom. The van der Waals surface area contributed by atoms with Crippen molar-refractivity contribution in [1.29, 1.82) is 0 Å². The van der Waals surface area contributed by atoms with E-state index >= 15 is 0 Å². The first-order chi connectivity index (χ1) is 2.81. The maximum Gasteiger partial charge on any atom is -0.00756 e. The minimum Gasteiger partial charge on any atom is -0.0119 e. The second-order valence-corrected chi connectivity index (χ2v) is 51.9. The quantitative estimate of drug-likeness (QED) is 0.373. The lowest BCUT2D eigenvalue weighted by molar-refractivity contribution is 3.82. The standard InChI is InChI=1S/H14Si6/c1-4-6(3)5-2/h6H,4-5H2,1-3H3. The van der Waals surface area contributed by atoms with Crippen LogP contribution in [0.2, 0.25) is 0 Å². The molecule has 0 aromatic heterocycles. The van der Waals surface area contributed by atoms with Crippen molar-refractivity contribution < 1.29 is 0 Å². The van der Waals surface area contributed by atoms with Crippen molar-refractivity contribution in [2.24, 2.45) is 0 Å². The summed E-state index contributed by atoms with van der Waals surface area (Å²) in [5.41, 5.74) is 0. The molecule has 0 aromatic rings. The Morgan fingerprint density at radius 1 is 1.17 bits per heavy atom. The molecule has 0 heterocycles. The molecule has 0 saturated carbocycles. The third-order valence-corrected chi connectivity index (χ3v) is 113. The van der Waals surface area contributed by atoms with Gasteiger partial charge in [0.25, 0.3) is 0 Å². The summed E-state index contributed by atoms with van der Waals surface area (Å²) in [4.78, 5) is 0. The van der Waals surface area contributed by atoms with Gasteiger partial charge in [-0.05, 0) is 53.7 Å². The number of hydrogen-bond donors (Lipinski definition) is 0. The lowest BCUT2D eigenvalue weighted by atomic mass is 26.2. The van der Waals surface area contributed by atoms with Crippen LogP contribution in [0.15, 0.2) is 0 Å². The van der Waals surface area contributed by atoms with E-state index in [1.54, 1.807) is 29.3 Å². The van der Waals surface area contributed by atoms with Crippen LogP contribution in [0.5, 0.6) is 0 Å². The molecule has 0 N–H and O–H groups in total. The van der Waals surface area contributed by atoms with Crippen molar-refractivity contribution >= 4 is 53.7 Å². The van der Waals surface area contributed by atoms with Crippen LogP contribution < -0.4 is 0 Å². The van der Waals surface area contributed by atoms with Gasteiger partial charge < -0.3 is 0 Å². The molecule has 0 radical (unpaired) electrons. The fourth-order valence-corrected chi connectivity index (χ4v) is 70.1. The molecule has 38 valence electrons. The Hall–Kier alpha value is 1.30. The Bertz CT molecular complexity index is 19.2. The van der Waals surface area contributed by atoms with Gasteiger partial charge in [0, 0.05) is 0 Å². The van der Waals surface area contributed by atoms with Gasteiger partial charge in [-0.15, -0.1) is 0 Å². The molecule has 0 atom stereocenters. The molecule has 0 fully saturated rings. The van der Waals surface area contributed by atoms with E-state index in [-0.39, 0.29) is 0 Å². The third-order valence-electron chi connectivity index (χ3n) is 1.39. The summed E-state index contributed by atoms with van der Waals surface area (Å²) in [6, 6.07) is 0. The van der Waals surface area contributed by atoms with Crippen molar-refractivity contribution in [2.45, 2.75) is 0 Å². The highest BCUT2D eigenvalue weighted by Gasteiger charge is 1.93. The zero-order chi connectivity index (χ0) is 4.99. The van der Waals surface area contributed by atoms with E-state index < -0.39 is 0 Å². The zero-order valence-corrected chi connectivity index (χ0v) is 15.0. The molecule has 0 nitrogen and oxygen atoms in total. The molecule has 0 aliphatic carbocycles. The molecule has 0 bridgehead atoms. The largest absolute Gasteiger partial charge is 0.0119 e. The molecule has 0 saturated heterocycles. The highest BCUT2D eigenvalue weighted by Crippen LogP contribution is 1.55. The van der Waals surface area contributed by atoms with Crippen LogP contribution in [0.4, 0.5) is 0 Å². The van der Waals surface area contributed by atoms with Crippen molar-refractivity contribution in [3.8, 4) is 0 Å². The monoisotopic (exact) mass is 182 g/mol. The topological polar surface area (TPSA) is 0 Å². The molecule has 6 heavy (non-hydrogen) atoms. The Morgan fingerprint density at radius 3 is 1.50 bits per heavy atom. The van der Waals surface area contributed by atoms with Crippen LogP contribution in [-0.4, -0.2) is 53.7 Å². The van der Waals surface area contributed by atoms with Crippen LogP contribution in [0, 0.1) is 0 Å². The average Bonchev–Trinajstić information content (AvgIpc) is 1.65. The van der Waals surface area contributed by atoms with Gasteiger partial charge in [0.2, 0.25) is 0 Å². The molecule has 0 amide bonds. The van der Waals surface area contributed by atoms with E-state index in [1.807, 2.05) is 0 Å². The first-order valence-electron chi connectivity index (χ1n) is 2.81. The molecule has 0 unspecified atom stereocenters. The SMILES string of the molecule is [SiH3][SiH2][SiH]([SiH3])[SiH2][SiH3]. The molecule has 0 rings (SSSR count). The van der Waals surface area contributed by atoms with E-state index in [0.717, 1.165) is 17.1 Å². The van der Waals surface area contributed by atoms with Crippen LogP contribution in [0.25, 0.3) is 0 Å². The average molecular weight is 183 g/mol. The summed E-state index contributed by atoms with van der Waals surface area (Å²) in [7, 11) is 7.00. The fraction of sp³-hybridized carbons (Fsp3) is 0. The first kappa shape index (κ1) is 7.30. The van der Waals surface area contributed by atoms with Gasteiger partial charge in [-0.3, -0.25) is 0 Å². The Kier molecular flexibility index (Phi) is 5.43. The summed E-state index contributed by atoms with van der Waals surface area (Å²) in [6.07, 6.45) is 0. The summed E-state index contributed by atoms with van der Waals surface area (Å²) < 4.78 is 0. The van der Waals surface area contributed by atoms with Gasteiger partial charge in [0.05, 0.1) is 0 Å². The highest BCUT2D eigenvalue weighted by molar-refractivity contribution is 7.69. The maximum atomic E-state index is 1.72. The van der Waals surface area contributed by atoms with Crippen molar-refractivity contribution in [3.05, 3.63) is 0 Å². The number of hydrogen-bond acceptors (Lipinski definition) is 0. The number of rotatable bonds is 2. The van der Waals surface area contributed by atoms with Gasteiger partial charge >= 0.3 is 0 Å². The summed E-state index contributed by atoms with van der Waals surface area (Å²) in [5.74, 6) is 0. The predicted molar refractivity (Wildman–Crippen MR) is 54.1 cm³/mol. The van der Waals surface area contributed by atoms with Crippen molar-refractivity contribution in [2.75, 3.05) is 0 Å². The smallest absolute Gasteiger partial charge is 0.00756 e. The van der Waals surface area contributed by atoms with Gasteiger partial charge in [-0.25, -0.2) is 0 Å². The second-order valence-electron chi connectivity index (χ2n) is 1.92. The maximum absolute atomic E-state index is 1.72. The van der Waals surface area contributed by atoms with E-state index in [1.165, 1.54) is 0 Å². The summed E-state index contributed by atoms with van der Waals surface area (Å²) in [6.45, 7) is 0. The molecule has 0 aliphatic heterocycles. The van der Waals surface area contributed by atoms with Gasteiger partial charge in [0.15, 0.2) is 0 Å². The van der Waals surface area contributed by atoms with E-state index in [4.69, 9.17) is 0 Å². The van der Waals surface area contributed by atoms with Gasteiger partial charge in [-0.1, -0.05) is 0 Å². The molecule has 6 heteroatoms. The van der Waals surface area contributed by atoms with Crippen molar-refractivity contribution in [3.63, 3.8) is 0 Å². The lowest BCUT2D eigenvalue weighted by Crippen LogP contribution is -2.31. The van der Waals surface area contributed by atoms with Crippen LogP contribution >= 0.6 is 0 Å². The summed E-state index contributed by atoms with van der Waals surface area (Å²) >= 11 is 0. The lowest BCUT2D eigenvalue weighted by Gasteiger charge is -1.94. The fourth-order valence-electron chi connectivity index (χ4n) is 0.289. The molecule has 0 spiro atoms. The second kappa shape index (κ2) is 4.46. The highest BCUT2D eigenvalue weighted by atomic mass is 30.0. The van der Waals surface area contributed by atoms with Crippen LogP contribution in [0.3, 0.4) is 0 Å². The van der Waals surface area contributed by atoms with Crippen LogP contribution in [0.1, 0.15) is 0 Å². The third kappa shape index (κ3) is 3.49. The zero-order valence-electron chi connectivity index (χ0n) is 4.99. The predicted octanol–water partition coefficient (Wildman–Crippen LogP) is -6.03. The van der Waals surface area contributed by atoms with E-state index in [0.29, 0.717) is 7.35 Å². The Labute approximate surface area is 54.0 Å². The van der Waals surface area contributed by atoms with Crippen molar-refractivity contribution in [1.82, 2.24) is 0 Å². The summed E-state index contributed by atoms with van der Waals surface area (Å²) in [5, 5.41) is 0. The van der Waals surface area contributed by atoms with E-state index in [2.05, 4.69) is 0 Å². The normalized spacial score (nSPS) is 20.0. The van der Waals surface area contributed by atoms with Gasteiger partial charge in [-0.2, -0.15) is 0 Å². The molecular weight excluding hydrogens is 169 g/mol. The first-order valence-corrected chi connectivity index (χ1v) is 25.3. The minimum atomic E-state index is 0.380.